The number of nitrogens with zero attached hydrogens (tertiary/aromatic N) is 2. The summed E-state index contributed by atoms with van der Waals surface area (Å²) in [6, 6.07) is 8.99. The summed E-state index contributed by atoms with van der Waals surface area (Å²) in [7, 11) is -3.27. The fourth-order valence-electron chi connectivity index (χ4n) is 2.15. The third-order valence-electron chi connectivity index (χ3n) is 3.34. The first-order valence-corrected chi connectivity index (χ1v) is 9.34. The SMILES string of the molecule is O=C(CCS(=O)(=O)Cc1ccccc1)NCCCn1ccnc1. The molecule has 0 unspecified atom stereocenters. The molecular weight excluding hydrogens is 314 g/mol. The summed E-state index contributed by atoms with van der Waals surface area (Å²) in [4.78, 5) is 15.6. The molecule has 0 aliphatic carbocycles. The zero-order valence-electron chi connectivity index (χ0n) is 12.9. The third kappa shape index (κ3) is 6.65. The number of carbonyl (C=O) groups excluding carboxylic acids is 1. The Morgan fingerprint density at radius 1 is 1.22 bits per heavy atom. The Labute approximate surface area is 136 Å². The van der Waals surface area contributed by atoms with E-state index < -0.39 is 9.84 Å². The van der Waals surface area contributed by atoms with Crippen LogP contribution >= 0.6 is 0 Å². The van der Waals surface area contributed by atoms with Crippen LogP contribution < -0.4 is 5.32 Å². The van der Waals surface area contributed by atoms with Crippen molar-refractivity contribution in [3.05, 3.63) is 54.6 Å². The topological polar surface area (TPSA) is 81.1 Å². The van der Waals surface area contributed by atoms with Gasteiger partial charge in [0.25, 0.3) is 0 Å². The standard InChI is InChI=1S/C16H21N3O3S/c20-16(18-8-4-10-19-11-9-17-14-19)7-12-23(21,22)13-15-5-2-1-3-6-15/h1-3,5-6,9,11,14H,4,7-8,10,12-13H2,(H,18,20). The van der Waals surface area contributed by atoms with Crippen LogP contribution in [0.3, 0.4) is 0 Å². The number of amides is 1. The fraction of sp³-hybridized carbons (Fsp3) is 0.375. The number of benzene rings is 1. The number of hydrogen-bond acceptors (Lipinski definition) is 4. The van der Waals surface area contributed by atoms with Gasteiger partial charge in [-0.15, -0.1) is 0 Å². The van der Waals surface area contributed by atoms with E-state index in [1.807, 2.05) is 16.8 Å². The first kappa shape index (κ1) is 17.2. The second kappa shape index (κ2) is 8.47. The van der Waals surface area contributed by atoms with E-state index >= 15 is 0 Å². The van der Waals surface area contributed by atoms with Gasteiger partial charge in [0.05, 0.1) is 17.8 Å². The van der Waals surface area contributed by atoms with Crippen molar-refractivity contribution in [2.24, 2.45) is 0 Å². The summed E-state index contributed by atoms with van der Waals surface area (Å²) >= 11 is 0. The van der Waals surface area contributed by atoms with Gasteiger partial charge >= 0.3 is 0 Å². The Balaban J connectivity index is 1.65. The second-order valence-electron chi connectivity index (χ2n) is 5.33. The van der Waals surface area contributed by atoms with Gasteiger partial charge in [0.2, 0.25) is 5.91 Å². The molecule has 0 radical (unpaired) electrons. The lowest BCUT2D eigenvalue weighted by molar-refractivity contribution is -0.120. The van der Waals surface area contributed by atoms with Gasteiger partial charge in [0.15, 0.2) is 9.84 Å². The molecule has 0 fully saturated rings. The molecule has 0 spiro atoms. The van der Waals surface area contributed by atoms with Crippen LogP contribution in [0.25, 0.3) is 0 Å². The van der Waals surface area contributed by atoms with Crippen molar-refractivity contribution in [3.63, 3.8) is 0 Å². The highest BCUT2D eigenvalue weighted by Crippen LogP contribution is 2.07. The maximum atomic E-state index is 12.0. The molecule has 1 heterocycles. The molecule has 0 aliphatic rings. The van der Waals surface area contributed by atoms with Crippen molar-refractivity contribution in [2.75, 3.05) is 12.3 Å². The normalized spacial score (nSPS) is 11.3. The average Bonchev–Trinajstić information content (AvgIpc) is 3.04. The molecule has 1 amide bonds. The second-order valence-corrected chi connectivity index (χ2v) is 7.52. The van der Waals surface area contributed by atoms with Crippen LogP contribution in [0.4, 0.5) is 0 Å². The zero-order chi connectivity index (χ0) is 16.5. The summed E-state index contributed by atoms with van der Waals surface area (Å²) < 4.78 is 25.9. The van der Waals surface area contributed by atoms with E-state index in [1.165, 1.54) is 0 Å². The Morgan fingerprint density at radius 3 is 2.70 bits per heavy atom. The van der Waals surface area contributed by atoms with E-state index in [0.717, 1.165) is 18.5 Å². The van der Waals surface area contributed by atoms with Crippen LogP contribution in [0.1, 0.15) is 18.4 Å². The lowest BCUT2D eigenvalue weighted by atomic mass is 10.2. The molecular formula is C16H21N3O3S. The van der Waals surface area contributed by atoms with Crippen LogP contribution in [0.15, 0.2) is 49.1 Å². The van der Waals surface area contributed by atoms with E-state index in [0.29, 0.717) is 6.54 Å². The molecule has 0 atom stereocenters. The monoisotopic (exact) mass is 335 g/mol. The van der Waals surface area contributed by atoms with Gasteiger partial charge in [-0.05, 0) is 12.0 Å². The van der Waals surface area contributed by atoms with Gasteiger partial charge < -0.3 is 9.88 Å². The molecule has 23 heavy (non-hydrogen) atoms. The van der Waals surface area contributed by atoms with Gasteiger partial charge in [-0.3, -0.25) is 4.79 Å². The molecule has 6 nitrogen and oxygen atoms in total. The molecule has 0 saturated heterocycles. The summed E-state index contributed by atoms with van der Waals surface area (Å²) in [5.41, 5.74) is 0.744. The predicted octanol–water partition coefficient (Wildman–Crippen LogP) is 1.39. The number of hydrogen-bond donors (Lipinski definition) is 1. The number of imidazole rings is 1. The van der Waals surface area contributed by atoms with E-state index in [1.54, 1.807) is 36.8 Å². The van der Waals surface area contributed by atoms with E-state index in [4.69, 9.17) is 0 Å². The smallest absolute Gasteiger partial charge is 0.221 e. The molecule has 1 N–H and O–H groups in total. The number of nitrogens with one attached hydrogen (secondary N) is 1. The number of rotatable bonds is 9. The molecule has 2 rings (SSSR count). The van der Waals surface area contributed by atoms with Crippen LogP contribution in [0.2, 0.25) is 0 Å². The number of aromatic nitrogens is 2. The fourth-order valence-corrected chi connectivity index (χ4v) is 3.49. The summed E-state index contributed by atoms with van der Waals surface area (Å²) in [6.45, 7) is 1.29. The summed E-state index contributed by atoms with van der Waals surface area (Å²) in [5.74, 6) is -0.385. The minimum absolute atomic E-state index is 0.000240. The number of aryl methyl sites for hydroxylation is 1. The molecule has 7 heteroatoms. The predicted molar refractivity (Wildman–Crippen MR) is 88.4 cm³/mol. The van der Waals surface area contributed by atoms with Crippen LogP contribution in [0, 0.1) is 0 Å². The highest BCUT2D eigenvalue weighted by atomic mass is 32.2. The lowest BCUT2D eigenvalue weighted by Gasteiger charge is -2.07. The molecule has 0 bridgehead atoms. The van der Waals surface area contributed by atoms with E-state index in [-0.39, 0.29) is 23.8 Å². The van der Waals surface area contributed by atoms with Gasteiger partial charge in [-0.25, -0.2) is 13.4 Å². The van der Waals surface area contributed by atoms with Crippen LogP contribution in [-0.2, 0) is 26.9 Å². The van der Waals surface area contributed by atoms with Crippen LogP contribution in [-0.4, -0.2) is 36.2 Å². The molecule has 0 saturated carbocycles. The maximum Gasteiger partial charge on any atom is 0.221 e. The number of sulfone groups is 1. The van der Waals surface area contributed by atoms with Gasteiger partial charge in [0.1, 0.15) is 0 Å². The Kier molecular flexibility index (Phi) is 6.34. The summed E-state index contributed by atoms with van der Waals surface area (Å²) in [5, 5.41) is 2.74. The average molecular weight is 335 g/mol. The highest BCUT2D eigenvalue weighted by Gasteiger charge is 2.14. The highest BCUT2D eigenvalue weighted by molar-refractivity contribution is 7.90. The molecule has 1 aromatic carbocycles. The minimum Gasteiger partial charge on any atom is -0.356 e. The summed E-state index contributed by atoms with van der Waals surface area (Å²) in [6.07, 6.45) is 6.06. The maximum absolute atomic E-state index is 12.0. The van der Waals surface area contributed by atoms with Crippen molar-refractivity contribution in [1.82, 2.24) is 14.9 Å². The molecule has 124 valence electrons. The van der Waals surface area contributed by atoms with Crippen molar-refractivity contribution in [2.45, 2.75) is 25.1 Å². The van der Waals surface area contributed by atoms with Crippen molar-refractivity contribution < 1.29 is 13.2 Å². The Bertz CT molecular complexity index is 697. The Hall–Kier alpha value is -2.15. The third-order valence-corrected chi connectivity index (χ3v) is 4.94. The van der Waals surface area contributed by atoms with Crippen LogP contribution in [0.5, 0.6) is 0 Å². The van der Waals surface area contributed by atoms with E-state index in [9.17, 15) is 13.2 Å². The van der Waals surface area contributed by atoms with Crippen molar-refractivity contribution >= 4 is 15.7 Å². The quantitative estimate of drug-likeness (QED) is 0.702. The number of carbonyl (C=O) groups is 1. The minimum atomic E-state index is -3.27. The zero-order valence-corrected chi connectivity index (χ0v) is 13.7. The van der Waals surface area contributed by atoms with Gasteiger partial charge in [0, 0.05) is 31.9 Å². The molecule has 2 aromatic rings. The van der Waals surface area contributed by atoms with Gasteiger partial charge in [-0.1, -0.05) is 30.3 Å². The Morgan fingerprint density at radius 2 is 2.00 bits per heavy atom. The molecule has 0 aliphatic heterocycles. The van der Waals surface area contributed by atoms with Crippen molar-refractivity contribution in [1.29, 1.82) is 0 Å². The van der Waals surface area contributed by atoms with Crippen molar-refractivity contribution in [3.8, 4) is 0 Å². The molecule has 1 aromatic heterocycles. The van der Waals surface area contributed by atoms with E-state index in [2.05, 4.69) is 10.3 Å². The first-order chi connectivity index (χ1) is 11.1. The first-order valence-electron chi connectivity index (χ1n) is 7.52. The van der Waals surface area contributed by atoms with Gasteiger partial charge in [-0.2, -0.15) is 0 Å². The lowest BCUT2D eigenvalue weighted by Crippen LogP contribution is -2.27. The largest absolute Gasteiger partial charge is 0.356 e.